The molecule has 0 aliphatic carbocycles. The summed E-state index contributed by atoms with van der Waals surface area (Å²) in [6.45, 7) is 3.36. The molecule has 0 fully saturated rings. The van der Waals surface area contributed by atoms with Crippen molar-refractivity contribution in [3.8, 4) is 5.69 Å². The van der Waals surface area contributed by atoms with Crippen LogP contribution in [0.1, 0.15) is 0 Å². The average molecular weight is 347 g/mol. The maximum absolute atomic E-state index is 13.1. The molecular formula is C14H10ClF3N2O3. The number of nitrogens with one attached hydrogen (secondary N) is 1. The van der Waals surface area contributed by atoms with Crippen molar-refractivity contribution in [2.24, 2.45) is 0 Å². The molecule has 2 rings (SSSR count). The standard InChI is InChI=1S/C14H10ClF3N2O3/c1-7-10(11(13(22)23-2)14(16,17)18)12(21)20(19-7)9-5-3-4-8(15)6-9/h3-6,19H,1H2,2H3. The summed E-state index contributed by atoms with van der Waals surface area (Å²) in [5.41, 5.74) is -2.60. The zero-order valence-electron chi connectivity index (χ0n) is 11.7. The Hall–Kier alpha value is -2.48. The maximum atomic E-state index is 13.1. The minimum Gasteiger partial charge on any atom is -0.465 e. The fourth-order valence-electron chi connectivity index (χ4n) is 2.00. The van der Waals surface area contributed by atoms with Crippen molar-refractivity contribution >= 4 is 29.7 Å². The van der Waals surface area contributed by atoms with Crippen LogP contribution in [0.2, 0.25) is 5.02 Å². The molecule has 0 saturated carbocycles. The highest BCUT2D eigenvalue weighted by Gasteiger charge is 2.41. The van der Waals surface area contributed by atoms with Gasteiger partial charge < -0.3 is 4.74 Å². The molecule has 1 N–H and O–H groups in total. The van der Waals surface area contributed by atoms with Gasteiger partial charge in [0.1, 0.15) is 0 Å². The number of H-pyrrole nitrogens is 1. The van der Waals surface area contributed by atoms with E-state index in [0.717, 1.165) is 11.8 Å². The molecule has 0 aliphatic heterocycles. The van der Waals surface area contributed by atoms with E-state index < -0.39 is 28.5 Å². The van der Waals surface area contributed by atoms with E-state index in [0.29, 0.717) is 0 Å². The van der Waals surface area contributed by atoms with Crippen LogP contribution >= 0.6 is 11.6 Å². The SMILES string of the molecule is C=c1[nH]n(-c2cccc(Cl)c2)c(=O)c1=C(C(=O)OC)C(F)(F)F. The summed E-state index contributed by atoms with van der Waals surface area (Å²) < 4.78 is 44.3. The van der Waals surface area contributed by atoms with Gasteiger partial charge in [0.2, 0.25) is 0 Å². The lowest BCUT2D eigenvalue weighted by Gasteiger charge is -2.07. The van der Waals surface area contributed by atoms with Gasteiger partial charge in [0.05, 0.1) is 23.4 Å². The van der Waals surface area contributed by atoms with Gasteiger partial charge in [-0.05, 0) is 18.2 Å². The number of benzene rings is 1. The van der Waals surface area contributed by atoms with Crippen LogP contribution in [0, 0.1) is 0 Å². The van der Waals surface area contributed by atoms with Gasteiger partial charge in [-0.3, -0.25) is 9.89 Å². The second-order valence-corrected chi connectivity index (χ2v) is 4.89. The topological polar surface area (TPSA) is 64.1 Å². The molecule has 0 bridgehead atoms. The van der Waals surface area contributed by atoms with E-state index in [2.05, 4.69) is 16.4 Å². The largest absolute Gasteiger partial charge is 0.465 e. The van der Waals surface area contributed by atoms with Crippen molar-refractivity contribution in [3.05, 3.63) is 50.2 Å². The van der Waals surface area contributed by atoms with Gasteiger partial charge in [-0.1, -0.05) is 24.2 Å². The molecular weight excluding hydrogens is 337 g/mol. The van der Waals surface area contributed by atoms with Crippen LogP contribution < -0.4 is 16.1 Å². The van der Waals surface area contributed by atoms with Crippen LogP contribution in [0.5, 0.6) is 0 Å². The third-order valence-electron chi connectivity index (χ3n) is 2.95. The number of halogens is 4. The van der Waals surface area contributed by atoms with Gasteiger partial charge in [0.15, 0.2) is 5.57 Å². The van der Waals surface area contributed by atoms with Crippen LogP contribution in [0.25, 0.3) is 17.8 Å². The van der Waals surface area contributed by atoms with Crippen LogP contribution in [0.4, 0.5) is 13.2 Å². The summed E-state index contributed by atoms with van der Waals surface area (Å²) in [6.07, 6.45) is -5.08. The molecule has 0 unspecified atom stereocenters. The molecule has 2 aromatic rings. The van der Waals surface area contributed by atoms with Gasteiger partial charge in [0, 0.05) is 5.02 Å². The van der Waals surface area contributed by atoms with Gasteiger partial charge in [-0.2, -0.15) is 13.2 Å². The number of ether oxygens (including phenoxy) is 1. The zero-order valence-corrected chi connectivity index (χ0v) is 12.5. The normalized spacial score (nSPS) is 12.9. The first kappa shape index (κ1) is 16.9. The van der Waals surface area contributed by atoms with E-state index in [9.17, 15) is 22.8 Å². The molecule has 0 saturated heterocycles. The van der Waals surface area contributed by atoms with Crippen molar-refractivity contribution in [3.63, 3.8) is 0 Å². The number of carbonyl (C=O) groups excluding carboxylic acids is 1. The number of aromatic nitrogens is 2. The maximum Gasteiger partial charge on any atom is 0.424 e. The Kier molecular flexibility index (Phi) is 4.37. The number of hydrogen-bond acceptors (Lipinski definition) is 3. The van der Waals surface area contributed by atoms with E-state index in [1.165, 1.54) is 24.3 Å². The van der Waals surface area contributed by atoms with Crippen LogP contribution in [0.3, 0.4) is 0 Å². The lowest BCUT2D eigenvalue weighted by atomic mass is 10.2. The molecule has 0 spiro atoms. The predicted octanol–water partition coefficient (Wildman–Crippen LogP) is 1.12. The molecule has 9 heteroatoms. The third kappa shape index (κ3) is 3.16. The molecule has 23 heavy (non-hydrogen) atoms. The van der Waals surface area contributed by atoms with E-state index in [-0.39, 0.29) is 16.1 Å². The summed E-state index contributed by atoms with van der Waals surface area (Å²) in [6, 6.07) is 5.88. The summed E-state index contributed by atoms with van der Waals surface area (Å²) in [5.74, 6) is -1.67. The van der Waals surface area contributed by atoms with Gasteiger partial charge >= 0.3 is 12.1 Å². The first-order valence-electron chi connectivity index (χ1n) is 6.12. The molecule has 1 aromatic heterocycles. The summed E-state index contributed by atoms with van der Waals surface area (Å²) in [4.78, 5) is 23.8. The number of methoxy groups -OCH3 is 1. The van der Waals surface area contributed by atoms with Crippen molar-refractivity contribution in [1.29, 1.82) is 0 Å². The quantitative estimate of drug-likeness (QED) is 0.829. The van der Waals surface area contributed by atoms with E-state index in [4.69, 9.17) is 11.6 Å². The minimum atomic E-state index is -5.08. The molecule has 1 heterocycles. The number of esters is 1. The van der Waals surface area contributed by atoms with Crippen LogP contribution in [-0.4, -0.2) is 29.0 Å². The lowest BCUT2D eigenvalue weighted by molar-refractivity contribution is -0.140. The van der Waals surface area contributed by atoms with E-state index in [1.807, 2.05) is 0 Å². The Morgan fingerprint density at radius 3 is 2.57 bits per heavy atom. The first-order valence-corrected chi connectivity index (χ1v) is 6.50. The Morgan fingerprint density at radius 1 is 1.39 bits per heavy atom. The second kappa shape index (κ2) is 5.96. The molecule has 0 aliphatic rings. The van der Waals surface area contributed by atoms with E-state index in [1.54, 1.807) is 0 Å². The van der Waals surface area contributed by atoms with Gasteiger partial charge in [-0.15, -0.1) is 0 Å². The monoisotopic (exact) mass is 346 g/mol. The van der Waals surface area contributed by atoms with Crippen molar-refractivity contribution < 1.29 is 22.7 Å². The molecule has 122 valence electrons. The smallest absolute Gasteiger partial charge is 0.424 e. The van der Waals surface area contributed by atoms with Crippen LogP contribution in [0.15, 0.2) is 29.1 Å². The number of hydrogen-bond donors (Lipinski definition) is 1. The predicted molar refractivity (Wildman–Crippen MR) is 77.7 cm³/mol. The Labute approximate surface area is 132 Å². The number of nitrogens with zero attached hydrogens (tertiary/aromatic N) is 1. The molecule has 1 aromatic carbocycles. The number of rotatable bonds is 2. The fourth-order valence-corrected chi connectivity index (χ4v) is 2.18. The number of carbonyl (C=O) groups is 1. The highest BCUT2D eigenvalue weighted by Crippen LogP contribution is 2.26. The zero-order chi connectivity index (χ0) is 17.4. The van der Waals surface area contributed by atoms with Crippen molar-refractivity contribution in [2.45, 2.75) is 6.18 Å². The second-order valence-electron chi connectivity index (χ2n) is 4.45. The number of alkyl halides is 3. The summed E-state index contributed by atoms with van der Waals surface area (Å²) >= 11 is 5.80. The average Bonchev–Trinajstić information content (AvgIpc) is 2.74. The van der Waals surface area contributed by atoms with Crippen molar-refractivity contribution in [1.82, 2.24) is 9.78 Å². The third-order valence-corrected chi connectivity index (χ3v) is 3.19. The molecule has 0 radical (unpaired) electrons. The molecule has 5 nitrogen and oxygen atoms in total. The highest BCUT2D eigenvalue weighted by molar-refractivity contribution is 6.30. The molecule has 0 atom stereocenters. The summed E-state index contributed by atoms with van der Waals surface area (Å²) in [7, 11) is 0.791. The van der Waals surface area contributed by atoms with E-state index >= 15 is 0 Å². The Morgan fingerprint density at radius 2 is 2.04 bits per heavy atom. The minimum absolute atomic E-state index is 0.199. The Balaban J connectivity index is 2.90. The van der Waals surface area contributed by atoms with Gasteiger partial charge in [-0.25, -0.2) is 9.48 Å². The first-order chi connectivity index (χ1) is 10.7. The van der Waals surface area contributed by atoms with Crippen LogP contribution in [-0.2, 0) is 9.53 Å². The number of aromatic amines is 1. The summed E-state index contributed by atoms with van der Waals surface area (Å²) in [5, 5.41) is 1.41. The van der Waals surface area contributed by atoms with Gasteiger partial charge in [0.25, 0.3) is 5.56 Å². The fraction of sp³-hybridized carbons (Fsp3) is 0.143. The highest BCUT2D eigenvalue weighted by atomic mass is 35.5. The molecule has 0 amide bonds. The van der Waals surface area contributed by atoms with Crippen molar-refractivity contribution in [2.75, 3.05) is 7.11 Å². The Bertz CT molecular complexity index is 928. The lowest BCUT2D eigenvalue weighted by Crippen LogP contribution is -2.42.